The molecule has 1 amide bonds. The van der Waals surface area contributed by atoms with E-state index in [4.69, 9.17) is 21.7 Å². The fourth-order valence-corrected chi connectivity index (χ4v) is 4.07. The number of carbonyl (C=O) groups excluding carboxylic acids is 1. The Bertz CT molecular complexity index is 1090. The number of amides is 1. The van der Waals surface area contributed by atoms with Gasteiger partial charge in [0.1, 0.15) is 11.5 Å². The molecule has 1 aliphatic rings. The number of ether oxygens (including phenoxy) is 2. The summed E-state index contributed by atoms with van der Waals surface area (Å²) in [6.07, 6.45) is 0.312. The molecule has 0 saturated heterocycles. The SMILES string of the molecule is COc1ccc(OC)c(NC(=S)NNC(=O)CC2c3ccccc3-c3ccccc32)c1. The van der Waals surface area contributed by atoms with Crippen LogP contribution >= 0.6 is 12.2 Å². The fourth-order valence-electron chi connectivity index (χ4n) is 3.91. The van der Waals surface area contributed by atoms with Crippen LogP contribution in [-0.2, 0) is 4.79 Å². The van der Waals surface area contributed by atoms with Crippen LogP contribution in [0.4, 0.5) is 5.69 Å². The minimum absolute atomic E-state index is 0.00853. The number of carbonyl (C=O) groups is 1. The van der Waals surface area contributed by atoms with Gasteiger partial charge in [0, 0.05) is 18.4 Å². The molecule has 6 nitrogen and oxygen atoms in total. The van der Waals surface area contributed by atoms with Crippen LogP contribution < -0.4 is 25.6 Å². The van der Waals surface area contributed by atoms with Crippen molar-refractivity contribution >= 4 is 28.9 Å². The van der Waals surface area contributed by atoms with E-state index < -0.39 is 0 Å². The van der Waals surface area contributed by atoms with Gasteiger partial charge < -0.3 is 14.8 Å². The van der Waals surface area contributed by atoms with Gasteiger partial charge >= 0.3 is 0 Å². The maximum absolute atomic E-state index is 12.7. The highest BCUT2D eigenvalue weighted by Crippen LogP contribution is 2.45. The number of thiocarbonyl (C=S) groups is 1. The Hall–Kier alpha value is -3.58. The summed E-state index contributed by atoms with van der Waals surface area (Å²) in [5, 5.41) is 3.26. The van der Waals surface area contributed by atoms with Crippen LogP contribution in [0, 0.1) is 0 Å². The number of nitrogens with one attached hydrogen (secondary N) is 3. The third kappa shape index (κ3) is 4.32. The van der Waals surface area contributed by atoms with E-state index in [1.807, 2.05) is 24.3 Å². The molecule has 7 heteroatoms. The van der Waals surface area contributed by atoms with Crippen molar-refractivity contribution in [3.05, 3.63) is 77.9 Å². The zero-order valence-corrected chi connectivity index (χ0v) is 18.1. The molecule has 0 radical (unpaired) electrons. The van der Waals surface area contributed by atoms with Crippen LogP contribution in [0.2, 0.25) is 0 Å². The second-order valence-corrected chi connectivity index (χ2v) is 7.53. The maximum Gasteiger partial charge on any atom is 0.239 e. The molecule has 0 aromatic heterocycles. The van der Waals surface area contributed by atoms with Crippen molar-refractivity contribution in [2.45, 2.75) is 12.3 Å². The Morgan fingerprint density at radius 2 is 1.55 bits per heavy atom. The van der Waals surface area contributed by atoms with Crippen molar-refractivity contribution in [3.8, 4) is 22.6 Å². The molecule has 158 valence electrons. The Morgan fingerprint density at radius 1 is 0.903 bits per heavy atom. The first-order valence-electron chi connectivity index (χ1n) is 9.86. The topological polar surface area (TPSA) is 71.6 Å². The Kier molecular flexibility index (Phi) is 6.04. The number of hydrogen-bond donors (Lipinski definition) is 3. The largest absolute Gasteiger partial charge is 0.497 e. The molecular weight excluding hydrogens is 410 g/mol. The molecule has 0 bridgehead atoms. The normalized spacial score (nSPS) is 11.8. The van der Waals surface area contributed by atoms with Crippen molar-refractivity contribution in [2.75, 3.05) is 19.5 Å². The van der Waals surface area contributed by atoms with Gasteiger partial charge in [-0.15, -0.1) is 0 Å². The van der Waals surface area contributed by atoms with Gasteiger partial charge in [-0.3, -0.25) is 15.6 Å². The lowest BCUT2D eigenvalue weighted by Crippen LogP contribution is -2.44. The van der Waals surface area contributed by atoms with E-state index in [0.29, 0.717) is 23.6 Å². The molecule has 0 spiro atoms. The molecule has 1 aliphatic carbocycles. The van der Waals surface area contributed by atoms with Gasteiger partial charge in [-0.05, 0) is 46.6 Å². The first kappa shape index (κ1) is 20.7. The summed E-state index contributed by atoms with van der Waals surface area (Å²) in [5.74, 6) is 1.12. The monoisotopic (exact) mass is 433 g/mol. The molecule has 0 fully saturated rings. The molecule has 3 aromatic carbocycles. The van der Waals surface area contributed by atoms with Gasteiger partial charge in [0.05, 0.1) is 19.9 Å². The van der Waals surface area contributed by atoms with Crippen molar-refractivity contribution in [1.29, 1.82) is 0 Å². The van der Waals surface area contributed by atoms with E-state index in [0.717, 1.165) is 0 Å². The van der Waals surface area contributed by atoms with Crippen LogP contribution in [0.15, 0.2) is 66.7 Å². The van der Waals surface area contributed by atoms with Gasteiger partial charge in [-0.1, -0.05) is 48.5 Å². The molecule has 0 atom stereocenters. The number of hydrogen-bond acceptors (Lipinski definition) is 4. The summed E-state index contributed by atoms with van der Waals surface area (Å²) < 4.78 is 10.6. The lowest BCUT2D eigenvalue weighted by molar-refractivity contribution is -0.121. The molecule has 4 rings (SSSR count). The van der Waals surface area contributed by atoms with Crippen LogP contribution in [0.1, 0.15) is 23.5 Å². The van der Waals surface area contributed by atoms with E-state index >= 15 is 0 Å². The second kappa shape index (κ2) is 9.06. The lowest BCUT2D eigenvalue weighted by atomic mass is 9.93. The first-order chi connectivity index (χ1) is 15.1. The number of benzene rings is 3. The summed E-state index contributed by atoms with van der Waals surface area (Å²) in [6, 6.07) is 21.8. The average Bonchev–Trinajstić information content (AvgIpc) is 3.11. The Labute approximate surface area is 186 Å². The van der Waals surface area contributed by atoms with E-state index in [9.17, 15) is 4.79 Å². The van der Waals surface area contributed by atoms with Gasteiger partial charge in [0.25, 0.3) is 0 Å². The highest BCUT2D eigenvalue weighted by Gasteiger charge is 2.29. The van der Waals surface area contributed by atoms with Crippen molar-refractivity contribution in [1.82, 2.24) is 10.9 Å². The molecule has 0 saturated carbocycles. The summed E-state index contributed by atoms with van der Waals surface area (Å²) >= 11 is 5.32. The number of methoxy groups -OCH3 is 2. The average molecular weight is 434 g/mol. The minimum Gasteiger partial charge on any atom is -0.497 e. The van der Waals surface area contributed by atoms with Crippen molar-refractivity contribution in [2.24, 2.45) is 0 Å². The van der Waals surface area contributed by atoms with E-state index in [2.05, 4.69) is 40.4 Å². The van der Waals surface area contributed by atoms with Gasteiger partial charge in [0.15, 0.2) is 5.11 Å². The van der Waals surface area contributed by atoms with E-state index in [1.165, 1.54) is 22.3 Å². The summed E-state index contributed by atoms with van der Waals surface area (Å²) in [5.41, 5.74) is 10.8. The van der Waals surface area contributed by atoms with Gasteiger partial charge in [0.2, 0.25) is 5.91 Å². The number of anilines is 1. The Morgan fingerprint density at radius 3 is 2.16 bits per heavy atom. The summed E-state index contributed by atoms with van der Waals surface area (Å²) in [7, 11) is 3.16. The van der Waals surface area contributed by atoms with Crippen LogP contribution in [-0.4, -0.2) is 25.2 Å². The predicted molar refractivity (Wildman–Crippen MR) is 125 cm³/mol. The van der Waals surface area contributed by atoms with E-state index in [-0.39, 0.29) is 16.9 Å². The second-order valence-electron chi connectivity index (χ2n) is 7.12. The highest BCUT2D eigenvalue weighted by molar-refractivity contribution is 7.80. The lowest BCUT2D eigenvalue weighted by Gasteiger charge is -2.16. The molecule has 0 heterocycles. The van der Waals surface area contributed by atoms with Crippen molar-refractivity contribution in [3.63, 3.8) is 0 Å². The fraction of sp³-hybridized carbons (Fsp3) is 0.167. The zero-order valence-electron chi connectivity index (χ0n) is 17.3. The summed E-state index contributed by atoms with van der Waals surface area (Å²) in [6.45, 7) is 0. The molecule has 3 N–H and O–H groups in total. The van der Waals surface area contributed by atoms with Gasteiger partial charge in [-0.25, -0.2) is 0 Å². The third-order valence-electron chi connectivity index (χ3n) is 5.32. The third-order valence-corrected chi connectivity index (χ3v) is 5.53. The van der Waals surface area contributed by atoms with Gasteiger partial charge in [-0.2, -0.15) is 0 Å². The smallest absolute Gasteiger partial charge is 0.239 e. The molecular formula is C24H23N3O3S. The standard InChI is InChI=1S/C24H23N3O3S/c1-29-15-11-12-22(30-2)21(13-15)25-24(31)27-26-23(28)14-20-18-9-5-3-7-16(18)17-8-4-6-10-19(17)20/h3-13,20H,14H2,1-2H3,(H,26,28)(H2,25,27,31). The molecule has 0 aliphatic heterocycles. The Balaban J connectivity index is 1.40. The van der Waals surface area contributed by atoms with Crippen LogP contribution in [0.3, 0.4) is 0 Å². The van der Waals surface area contributed by atoms with Crippen molar-refractivity contribution < 1.29 is 14.3 Å². The quantitative estimate of drug-likeness (QED) is 0.413. The van der Waals surface area contributed by atoms with E-state index in [1.54, 1.807) is 32.4 Å². The number of rotatable bonds is 5. The summed E-state index contributed by atoms with van der Waals surface area (Å²) in [4.78, 5) is 12.7. The zero-order chi connectivity index (χ0) is 21.8. The number of fused-ring (bicyclic) bond motifs is 3. The minimum atomic E-state index is -0.154. The first-order valence-corrected chi connectivity index (χ1v) is 10.3. The van der Waals surface area contributed by atoms with Crippen LogP contribution in [0.5, 0.6) is 11.5 Å². The molecule has 0 unspecified atom stereocenters. The number of hydrazine groups is 1. The molecule has 31 heavy (non-hydrogen) atoms. The molecule has 3 aromatic rings. The van der Waals surface area contributed by atoms with Crippen LogP contribution in [0.25, 0.3) is 11.1 Å². The predicted octanol–water partition coefficient (Wildman–Crippen LogP) is 4.22. The maximum atomic E-state index is 12.7. The highest BCUT2D eigenvalue weighted by atomic mass is 32.1.